The second-order valence-corrected chi connectivity index (χ2v) is 11.1. The van der Waals surface area contributed by atoms with Crippen LogP contribution < -0.4 is 14.8 Å². The summed E-state index contributed by atoms with van der Waals surface area (Å²) in [6.45, 7) is 2.56. The van der Waals surface area contributed by atoms with Crippen molar-refractivity contribution >= 4 is 15.9 Å². The number of rotatable bonds is 6. The molecule has 2 aromatic carbocycles. The lowest BCUT2D eigenvalue weighted by Crippen LogP contribution is -2.49. The average Bonchev–Trinajstić information content (AvgIpc) is 3.36. The van der Waals surface area contributed by atoms with Crippen LogP contribution in [0, 0.1) is 5.92 Å². The van der Waals surface area contributed by atoms with E-state index in [4.69, 9.17) is 14.2 Å². The number of piperidine rings is 1. The highest BCUT2D eigenvalue weighted by Gasteiger charge is 2.38. The van der Waals surface area contributed by atoms with Gasteiger partial charge in [-0.05, 0) is 55.5 Å². The Balaban J connectivity index is 1.28. The zero-order valence-electron chi connectivity index (χ0n) is 19.1. The van der Waals surface area contributed by atoms with E-state index in [-0.39, 0.29) is 35.5 Å². The van der Waals surface area contributed by atoms with Crippen LogP contribution in [0.3, 0.4) is 0 Å². The molecule has 0 bridgehead atoms. The third-order valence-corrected chi connectivity index (χ3v) is 9.05. The number of carbonyl (C=O) groups is 1. The Kier molecular flexibility index (Phi) is 6.50. The lowest BCUT2D eigenvalue weighted by molar-refractivity contribution is -0.126. The van der Waals surface area contributed by atoms with Crippen molar-refractivity contribution in [2.45, 2.75) is 36.0 Å². The maximum Gasteiger partial charge on any atom is 0.243 e. The number of amides is 1. The maximum absolute atomic E-state index is 13.2. The summed E-state index contributed by atoms with van der Waals surface area (Å²) in [6.07, 6.45) is 2.90. The largest absolute Gasteiger partial charge is 0.454 e. The molecule has 1 N–H and O–H groups in total. The standard InChI is InChI=1S/C25H30N2O6S/c28-24(19-5-4-12-27(16-19)34(29,30)21-6-2-1-3-7-21)26-17-25(10-13-31-14-11-25)20-8-9-22-23(15-20)33-18-32-22/h1-3,6-9,15,19H,4-5,10-14,16-18H2,(H,26,28). The molecule has 1 atom stereocenters. The number of carbonyl (C=O) groups excluding carboxylic acids is 1. The van der Waals surface area contributed by atoms with E-state index >= 15 is 0 Å². The number of nitrogens with zero attached hydrogens (tertiary/aromatic N) is 1. The van der Waals surface area contributed by atoms with Crippen molar-refractivity contribution in [3.8, 4) is 11.5 Å². The first-order valence-corrected chi connectivity index (χ1v) is 13.2. The first-order chi connectivity index (χ1) is 16.5. The van der Waals surface area contributed by atoms with Crippen LogP contribution in [0.1, 0.15) is 31.2 Å². The Morgan fingerprint density at radius 1 is 1.06 bits per heavy atom. The van der Waals surface area contributed by atoms with Crippen LogP contribution in [0.5, 0.6) is 11.5 Å². The van der Waals surface area contributed by atoms with Gasteiger partial charge in [0.15, 0.2) is 11.5 Å². The van der Waals surface area contributed by atoms with E-state index in [1.54, 1.807) is 30.3 Å². The van der Waals surface area contributed by atoms with Gasteiger partial charge in [0.25, 0.3) is 0 Å². The number of hydrogen-bond acceptors (Lipinski definition) is 6. The Bertz CT molecular complexity index is 1130. The predicted molar refractivity (Wildman–Crippen MR) is 125 cm³/mol. The number of hydrogen-bond donors (Lipinski definition) is 1. The molecule has 9 heteroatoms. The summed E-state index contributed by atoms with van der Waals surface area (Å²) in [6, 6.07) is 14.4. The van der Waals surface area contributed by atoms with Gasteiger partial charge in [0.1, 0.15) is 0 Å². The molecule has 1 unspecified atom stereocenters. The van der Waals surface area contributed by atoms with Gasteiger partial charge in [-0.2, -0.15) is 4.31 Å². The SMILES string of the molecule is O=C(NCC1(c2ccc3c(c2)OCO3)CCOCC1)C1CCCN(S(=O)(=O)c2ccccc2)C1. The first-order valence-electron chi connectivity index (χ1n) is 11.8. The lowest BCUT2D eigenvalue weighted by Gasteiger charge is -2.39. The molecule has 8 nitrogen and oxygen atoms in total. The second-order valence-electron chi connectivity index (χ2n) is 9.19. The van der Waals surface area contributed by atoms with Crippen molar-refractivity contribution in [2.75, 3.05) is 39.6 Å². The molecule has 34 heavy (non-hydrogen) atoms. The van der Waals surface area contributed by atoms with E-state index in [1.165, 1.54) is 4.31 Å². The minimum atomic E-state index is -3.61. The molecule has 2 saturated heterocycles. The van der Waals surface area contributed by atoms with Crippen molar-refractivity contribution < 1.29 is 27.4 Å². The van der Waals surface area contributed by atoms with Gasteiger partial charge in [0, 0.05) is 38.3 Å². The normalized spacial score (nSPS) is 22.3. The van der Waals surface area contributed by atoms with Gasteiger partial charge in [-0.25, -0.2) is 8.42 Å². The molecular formula is C25H30N2O6S. The molecule has 0 aromatic heterocycles. The monoisotopic (exact) mass is 486 g/mol. The Hall–Kier alpha value is -2.62. The number of benzene rings is 2. The summed E-state index contributed by atoms with van der Waals surface area (Å²) >= 11 is 0. The molecule has 2 aromatic rings. The molecule has 0 radical (unpaired) electrons. The van der Waals surface area contributed by atoms with Crippen molar-refractivity contribution in [3.63, 3.8) is 0 Å². The van der Waals surface area contributed by atoms with Crippen LogP contribution in [0.4, 0.5) is 0 Å². The summed E-state index contributed by atoms with van der Waals surface area (Å²) < 4.78 is 44.2. The minimum absolute atomic E-state index is 0.0976. The molecule has 0 spiro atoms. The van der Waals surface area contributed by atoms with E-state index in [2.05, 4.69) is 5.32 Å². The van der Waals surface area contributed by atoms with Crippen LogP contribution in [0.15, 0.2) is 53.4 Å². The summed E-state index contributed by atoms with van der Waals surface area (Å²) in [5.41, 5.74) is 0.830. The smallest absolute Gasteiger partial charge is 0.243 e. The van der Waals surface area contributed by atoms with Crippen LogP contribution in [-0.2, 0) is 25.0 Å². The third kappa shape index (κ3) is 4.52. The van der Waals surface area contributed by atoms with E-state index in [1.807, 2.05) is 18.2 Å². The van der Waals surface area contributed by atoms with E-state index in [0.717, 1.165) is 29.9 Å². The molecule has 5 rings (SSSR count). The van der Waals surface area contributed by atoms with Crippen molar-refractivity contribution in [1.82, 2.24) is 9.62 Å². The van der Waals surface area contributed by atoms with E-state index in [0.29, 0.717) is 39.1 Å². The molecule has 0 aliphatic carbocycles. The zero-order chi connectivity index (χ0) is 23.6. The highest BCUT2D eigenvalue weighted by atomic mass is 32.2. The molecule has 3 aliphatic heterocycles. The van der Waals surface area contributed by atoms with Crippen LogP contribution in [-0.4, -0.2) is 58.3 Å². The van der Waals surface area contributed by atoms with Gasteiger partial charge < -0.3 is 19.5 Å². The van der Waals surface area contributed by atoms with Gasteiger partial charge in [-0.15, -0.1) is 0 Å². The minimum Gasteiger partial charge on any atom is -0.454 e. The molecule has 1 amide bonds. The maximum atomic E-state index is 13.2. The second kappa shape index (κ2) is 9.56. The number of fused-ring (bicyclic) bond motifs is 1. The molecule has 2 fully saturated rings. The number of nitrogens with one attached hydrogen (secondary N) is 1. The van der Waals surface area contributed by atoms with Gasteiger partial charge in [0.05, 0.1) is 10.8 Å². The third-order valence-electron chi connectivity index (χ3n) is 7.17. The molecule has 0 saturated carbocycles. The van der Waals surface area contributed by atoms with Crippen molar-refractivity contribution in [2.24, 2.45) is 5.92 Å². The predicted octanol–water partition coefficient (Wildman–Crippen LogP) is 2.68. The zero-order valence-corrected chi connectivity index (χ0v) is 19.9. The fraction of sp³-hybridized carbons (Fsp3) is 0.480. The molecular weight excluding hydrogens is 456 g/mol. The van der Waals surface area contributed by atoms with Gasteiger partial charge in [-0.1, -0.05) is 24.3 Å². The quantitative estimate of drug-likeness (QED) is 0.675. The molecule has 3 heterocycles. The highest BCUT2D eigenvalue weighted by molar-refractivity contribution is 7.89. The summed E-state index contributed by atoms with van der Waals surface area (Å²) in [5.74, 6) is 0.987. The molecule has 3 aliphatic rings. The van der Waals surface area contributed by atoms with Crippen LogP contribution in [0.25, 0.3) is 0 Å². The Morgan fingerprint density at radius 3 is 2.62 bits per heavy atom. The first kappa shape index (κ1) is 23.1. The van der Waals surface area contributed by atoms with Gasteiger partial charge in [-0.3, -0.25) is 4.79 Å². The summed E-state index contributed by atoms with van der Waals surface area (Å²) in [4.78, 5) is 13.5. The molecule has 182 valence electrons. The topological polar surface area (TPSA) is 94.2 Å². The highest BCUT2D eigenvalue weighted by Crippen LogP contribution is 2.40. The van der Waals surface area contributed by atoms with Crippen molar-refractivity contribution in [1.29, 1.82) is 0 Å². The van der Waals surface area contributed by atoms with Gasteiger partial charge >= 0.3 is 0 Å². The van der Waals surface area contributed by atoms with Crippen LogP contribution in [0.2, 0.25) is 0 Å². The van der Waals surface area contributed by atoms with E-state index in [9.17, 15) is 13.2 Å². The number of ether oxygens (including phenoxy) is 3. The fourth-order valence-electron chi connectivity index (χ4n) is 5.07. The summed E-state index contributed by atoms with van der Waals surface area (Å²) in [5, 5.41) is 3.15. The van der Waals surface area contributed by atoms with E-state index < -0.39 is 10.0 Å². The summed E-state index contributed by atoms with van der Waals surface area (Å²) in [7, 11) is -3.61. The number of sulfonamides is 1. The lowest BCUT2D eigenvalue weighted by atomic mass is 9.74. The Morgan fingerprint density at radius 2 is 1.82 bits per heavy atom. The Labute approximate surface area is 200 Å². The average molecular weight is 487 g/mol. The van der Waals surface area contributed by atoms with Crippen LogP contribution >= 0.6 is 0 Å². The fourth-order valence-corrected chi connectivity index (χ4v) is 6.62. The van der Waals surface area contributed by atoms with Crippen molar-refractivity contribution in [3.05, 3.63) is 54.1 Å². The van der Waals surface area contributed by atoms with Gasteiger partial charge in [0.2, 0.25) is 22.7 Å².